The smallest absolute Gasteiger partial charge is 0.124 e. The zero-order chi connectivity index (χ0) is 23.9. The van der Waals surface area contributed by atoms with Crippen LogP contribution >= 0.6 is 0 Å². The average molecular weight is 449 g/mol. The first-order chi connectivity index (χ1) is 16.5. The van der Waals surface area contributed by atoms with Crippen LogP contribution in [0.1, 0.15) is 45.5 Å². The Morgan fingerprint density at radius 2 is 0.882 bits per heavy atom. The molecular weight excluding hydrogens is 420 g/mol. The Morgan fingerprint density at radius 1 is 0.529 bits per heavy atom. The van der Waals surface area contributed by atoms with Crippen LogP contribution in [0.3, 0.4) is 0 Å². The van der Waals surface area contributed by atoms with E-state index in [4.69, 9.17) is 9.98 Å². The number of phenols is 2. The average Bonchev–Trinajstić information content (AvgIpc) is 2.84. The van der Waals surface area contributed by atoms with Gasteiger partial charge in [-0.3, -0.25) is 9.98 Å². The van der Waals surface area contributed by atoms with Crippen LogP contribution in [0.2, 0.25) is 0 Å². The van der Waals surface area contributed by atoms with Gasteiger partial charge in [-0.1, -0.05) is 83.9 Å². The largest absolute Gasteiger partial charge is 0.507 e. The van der Waals surface area contributed by atoms with Crippen molar-refractivity contribution >= 4 is 12.4 Å². The summed E-state index contributed by atoms with van der Waals surface area (Å²) in [7, 11) is 0. The second kappa shape index (κ2) is 10.6. The molecule has 0 spiro atoms. The Labute approximate surface area is 200 Å². The summed E-state index contributed by atoms with van der Waals surface area (Å²) in [5.74, 6) is 0.358. The third-order valence-corrected chi connectivity index (χ3v) is 5.76. The van der Waals surface area contributed by atoms with Gasteiger partial charge >= 0.3 is 0 Å². The molecule has 0 aliphatic rings. The second-order valence-corrected chi connectivity index (χ2v) is 8.39. The lowest BCUT2D eigenvalue weighted by atomic mass is 9.93. The van der Waals surface area contributed by atoms with Crippen molar-refractivity contribution in [2.75, 3.05) is 0 Å². The summed E-state index contributed by atoms with van der Waals surface area (Å²) < 4.78 is 0. The van der Waals surface area contributed by atoms with E-state index in [-0.39, 0.29) is 23.6 Å². The summed E-state index contributed by atoms with van der Waals surface area (Å²) >= 11 is 0. The molecule has 0 heterocycles. The van der Waals surface area contributed by atoms with Crippen LogP contribution in [0.4, 0.5) is 0 Å². The molecule has 0 saturated heterocycles. The van der Waals surface area contributed by atoms with Crippen molar-refractivity contribution in [3.05, 3.63) is 130 Å². The quantitative estimate of drug-likeness (QED) is 0.308. The zero-order valence-electron chi connectivity index (χ0n) is 19.3. The van der Waals surface area contributed by atoms with Gasteiger partial charge in [0.05, 0.1) is 0 Å². The van der Waals surface area contributed by atoms with E-state index < -0.39 is 0 Å². The number of hydrogen-bond acceptors (Lipinski definition) is 4. The second-order valence-electron chi connectivity index (χ2n) is 8.39. The molecule has 0 amide bonds. The third kappa shape index (κ3) is 5.59. The van der Waals surface area contributed by atoms with Crippen LogP contribution in [0.15, 0.2) is 107 Å². The van der Waals surface area contributed by atoms with E-state index in [9.17, 15) is 10.2 Å². The minimum atomic E-state index is -0.343. The van der Waals surface area contributed by atoms with Crippen LogP contribution in [-0.4, -0.2) is 22.6 Å². The van der Waals surface area contributed by atoms with Gasteiger partial charge in [0.1, 0.15) is 23.6 Å². The molecule has 4 aromatic carbocycles. The predicted octanol–water partition coefficient (Wildman–Crippen LogP) is 6.74. The van der Waals surface area contributed by atoms with E-state index in [1.807, 2.05) is 24.3 Å². The molecule has 0 bridgehead atoms. The monoisotopic (exact) mass is 448 g/mol. The number of hydrogen-bond donors (Lipinski definition) is 2. The van der Waals surface area contributed by atoms with Gasteiger partial charge in [-0.2, -0.15) is 0 Å². The van der Waals surface area contributed by atoms with E-state index in [1.54, 1.807) is 36.7 Å². The maximum Gasteiger partial charge on any atom is 0.124 e. The molecule has 0 aromatic heterocycles. The molecule has 0 unspecified atom stereocenters. The van der Waals surface area contributed by atoms with Gasteiger partial charge < -0.3 is 10.2 Å². The predicted molar refractivity (Wildman–Crippen MR) is 139 cm³/mol. The summed E-state index contributed by atoms with van der Waals surface area (Å²) in [6, 6.07) is 30.1. The highest BCUT2D eigenvalue weighted by Gasteiger charge is 2.23. The van der Waals surface area contributed by atoms with Crippen LogP contribution in [0.5, 0.6) is 11.5 Å². The van der Waals surface area contributed by atoms with Gasteiger partial charge in [-0.25, -0.2) is 0 Å². The highest BCUT2D eigenvalue weighted by molar-refractivity contribution is 5.84. The molecule has 4 nitrogen and oxygen atoms in total. The fourth-order valence-electron chi connectivity index (χ4n) is 3.74. The van der Waals surface area contributed by atoms with Crippen molar-refractivity contribution in [2.45, 2.75) is 25.9 Å². The summed E-state index contributed by atoms with van der Waals surface area (Å²) in [6.45, 7) is 4.11. The lowest BCUT2D eigenvalue weighted by molar-refractivity contribution is 0.473. The van der Waals surface area contributed by atoms with Gasteiger partial charge in [0, 0.05) is 23.6 Å². The Bertz CT molecular complexity index is 1190. The minimum Gasteiger partial charge on any atom is -0.507 e. The van der Waals surface area contributed by atoms with Crippen LogP contribution in [0.25, 0.3) is 0 Å². The summed E-state index contributed by atoms with van der Waals surface area (Å²) in [5, 5.41) is 20.5. The van der Waals surface area contributed by atoms with Crippen LogP contribution in [-0.2, 0) is 0 Å². The van der Waals surface area contributed by atoms with Crippen molar-refractivity contribution in [1.82, 2.24) is 0 Å². The first-order valence-corrected chi connectivity index (χ1v) is 11.3. The number of para-hydroxylation sites is 2. The van der Waals surface area contributed by atoms with Crippen molar-refractivity contribution in [3.63, 3.8) is 0 Å². The first kappa shape index (κ1) is 23.0. The van der Waals surface area contributed by atoms with E-state index >= 15 is 0 Å². The Balaban J connectivity index is 1.82. The molecule has 4 heteroatoms. The molecule has 0 aliphatic carbocycles. The lowest BCUT2D eigenvalue weighted by Gasteiger charge is -2.22. The molecule has 0 fully saturated rings. The molecule has 0 aliphatic heterocycles. The maximum absolute atomic E-state index is 10.3. The summed E-state index contributed by atoms with van der Waals surface area (Å²) in [6.07, 6.45) is 3.41. The molecule has 34 heavy (non-hydrogen) atoms. The molecule has 2 N–H and O–H groups in total. The molecule has 0 saturated carbocycles. The van der Waals surface area contributed by atoms with Gasteiger partial charge in [-0.15, -0.1) is 0 Å². The number of nitrogens with zero attached hydrogens (tertiary/aromatic N) is 2. The van der Waals surface area contributed by atoms with Crippen molar-refractivity contribution in [1.29, 1.82) is 0 Å². The van der Waals surface area contributed by atoms with Gasteiger partial charge in [0.2, 0.25) is 0 Å². The number of aromatic hydroxyl groups is 2. The number of rotatable bonds is 7. The van der Waals surface area contributed by atoms with Crippen molar-refractivity contribution in [3.8, 4) is 11.5 Å². The van der Waals surface area contributed by atoms with E-state index in [2.05, 4.69) is 62.4 Å². The Hall–Kier alpha value is -4.18. The Kier molecular flexibility index (Phi) is 7.19. The van der Waals surface area contributed by atoms with Gasteiger partial charge in [0.15, 0.2) is 0 Å². The van der Waals surface area contributed by atoms with Gasteiger partial charge in [-0.05, 0) is 49.2 Å². The third-order valence-electron chi connectivity index (χ3n) is 5.76. The summed E-state index contributed by atoms with van der Waals surface area (Å²) in [5.41, 5.74) is 5.64. The number of aliphatic imine (C=N–C) groups is 2. The first-order valence-electron chi connectivity index (χ1n) is 11.3. The zero-order valence-corrected chi connectivity index (χ0v) is 19.3. The van der Waals surface area contributed by atoms with E-state index in [0.717, 1.165) is 22.3 Å². The molecule has 0 radical (unpaired) electrons. The Morgan fingerprint density at radius 3 is 1.24 bits per heavy atom. The lowest BCUT2D eigenvalue weighted by Crippen LogP contribution is -2.09. The fourth-order valence-corrected chi connectivity index (χ4v) is 3.74. The number of phenolic OH excluding ortho intramolecular Hbond substituents is 2. The normalized spacial score (nSPS) is 13.4. The van der Waals surface area contributed by atoms with E-state index in [1.165, 1.54) is 0 Å². The highest BCUT2D eigenvalue weighted by Crippen LogP contribution is 2.36. The summed E-state index contributed by atoms with van der Waals surface area (Å²) in [4.78, 5) is 9.85. The highest BCUT2D eigenvalue weighted by atomic mass is 16.3. The maximum atomic E-state index is 10.3. The SMILES string of the molecule is Cc1ccc([C@@H](N=Cc2ccccc2O)[C@@H](N=Cc2ccccc2O)c2ccc(C)cc2)cc1. The molecule has 2 atom stereocenters. The van der Waals surface area contributed by atoms with Crippen molar-refractivity contribution in [2.24, 2.45) is 9.98 Å². The number of aryl methyl sites for hydroxylation is 2. The number of benzene rings is 4. The molecule has 4 aromatic rings. The van der Waals surface area contributed by atoms with Crippen LogP contribution < -0.4 is 0 Å². The van der Waals surface area contributed by atoms with Gasteiger partial charge in [0.25, 0.3) is 0 Å². The molecular formula is C30H28N2O2. The van der Waals surface area contributed by atoms with Crippen LogP contribution in [0, 0.1) is 13.8 Å². The van der Waals surface area contributed by atoms with Crippen molar-refractivity contribution < 1.29 is 10.2 Å². The minimum absolute atomic E-state index is 0.179. The standard InChI is InChI=1S/C30H28N2O2/c1-21-11-15-23(16-12-21)29(31-19-25-7-3-5-9-27(25)33)30(24-17-13-22(2)14-18-24)32-20-26-8-4-6-10-28(26)34/h3-20,29-30,33-34H,1-2H3/t29-,30+. The van der Waals surface area contributed by atoms with E-state index in [0.29, 0.717) is 11.1 Å². The fraction of sp³-hybridized carbons (Fsp3) is 0.133. The molecule has 170 valence electrons. The molecule has 4 rings (SSSR count). The topological polar surface area (TPSA) is 65.2 Å².